The summed E-state index contributed by atoms with van der Waals surface area (Å²) in [6.07, 6.45) is 2.40. The first-order valence-electron chi connectivity index (χ1n) is 8.06. The molecule has 3 amide bonds. The van der Waals surface area contributed by atoms with E-state index in [-0.39, 0.29) is 17.7 Å². The Morgan fingerprint density at radius 2 is 1.96 bits per heavy atom. The highest BCUT2D eigenvalue weighted by Gasteiger charge is 2.43. The van der Waals surface area contributed by atoms with E-state index in [9.17, 15) is 14.4 Å². The van der Waals surface area contributed by atoms with Gasteiger partial charge < -0.3 is 20.5 Å². The third kappa shape index (κ3) is 3.43. The van der Waals surface area contributed by atoms with Crippen LogP contribution in [-0.4, -0.2) is 53.3 Å². The predicted molar refractivity (Wildman–Crippen MR) is 94.5 cm³/mol. The maximum absolute atomic E-state index is 12.5. The van der Waals surface area contributed by atoms with Crippen molar-refractivity contribution < 1.29 is 14.4 Å². The molecular formula is C17H20N4O3S. The number of rotatable bonds is 4. The number of likely N-dealkylation sites (tertiary alicyclic amines) is 1. The van der Waals surface area contributed by atoms with Gasteiger partial charge in [0.1, 0.15) is 11.2 Å². The number of thiophene rings is 1. The van der Waals surface area contributed by atoms with Gasteiger partial charge in [-0.2, -0.15) is 0 Å². The molecule has 0 aliphatic carbocycles. The smallest absolute Gasteiger partial charge is 0.268 e. The Bertz CT molecular complexity index is 747. The summed E-state index contributed by atoms with van der Waals surface area (Å²) in [4.78, 5) is 42.6. The van der Waals surface area contributed by atoms with Gasteiger partial charge in [-0.15, -0.1) is 11.3 Å². The monoisotopic (exact) mass is 360 g/mol. The number of nitrogens with one attached hydrogen (secondary N) is 3. The minimum absolute atomic E-state index is 0.0313. The van der Waals surface area contributed by atoms with Gasteiger partial charge in [0, 0.05) is 26.3 Å². The van der Waals surface area contributed by atoms with E-state index in [2.05, 4.69) is 15.6 Å². The van der Waals surface area contributed by atoms with E-state index < -0.39 is 5.54 Å². The van der Waals surface area contributed by atoms with Crippen molar-refractivity contribution in [1.29, 1.82) is 0 Å². The van der Waals surface area contributed by atoms with Crippen molar-refractivity contribution in [1.82, 2.24) is 20.5 Å². The summed E-state index contributed by atoms with van der Waals surface area (Å²) >= 11 is 1.40. The van der Waals surface area contributed by atoms with E-state index in [1.807, 2.05) is 11.4 Å². The van der Waals surface area contributed by atoms with Crippen molar-refractivity contribution in [3.05, 3.63) is 46.4 Å². The number of piperidine rings is 1. The second kappa shape index (κ2) is 7.10. The average Bonchev–Trinajstić information content (AvgIpc) is 3.34. The number of amides is 3. The van der Waals surface area contributed by atoms with Crippen LogP contribution in [0.1, 0.15) is 33.0 Å². The zero-order chi connectivity index (χ0) is 17.9. The highest BCUT2D eigenvalue weighted by Crippen LogP contribution is 2.25. The molecule has 1 aliphatic rings. The van der Waals surface area contributed by atoms with Crippen molar-refractivity contribution >= 4 is 29.1 Å². The van der Waals surface area contributed by atoms with Gasteiger partial charge in [-0.25, -0.2) is 0 Å². The molecule has 0 atom stereocenters. The van der Waals surface area contributed by atoms with Crippen molar-refractivity contribution in [3.8, 4) is 0 Å². The lowest BCUT2D eigenvalue weighted by molar-refractivity contribution is -0.128. The summed E-state index contributed by atoms with van der Waals surface area (Å²) in [7, 11) is 1.55. The SMILES string of the molecule is CNC(=O)C1(NC(=O)c2ccc[nH]2)CCN(C(=O)c2cccs2)CC1. The molecule has 2 aromatic heterocycles. The lowest BCUT2D eigenvalue weighted by Crippen LogP contribution is -2.63. The molecule has 3 heterocycles. The summed E-state index contributed by atoms with van der Waals surface area (Å²) in [5.41, 5.74) is -0.608. The highest BCUT2D eigenvalue weighted by molar-refractivity contribution is 7.12. The van der Waals surface area contributed by atoms with Crippen LogP contribution in [-0.2, 0) is 4.79 Å². The molecular weight excluding hydrogens is 340 g/mol. The van der Waals surface area contributed by atoms with Crippen LogP contribution in [0.2, 0.25) is 0 Å². The number of hydrogen-bond acceptors (Lipinski definition) is 4. The van der Waals surface area contributed by atoms with E-state index in [0.29, 0.717) is 36.5 Å². The molecule has 1 fully saturated rings. The van der Waals surface area contributed by atoms with Crippen LogP contribution >= 0.6 is 11.3 Å². The number of aromatic nitrogens is 1. The van der Waals surface area contributed by atoms with Crippen molar-refractivity contribution in [2.45, 2.75) is 18.4 Å². The Hall–Kier alpha value is -2.61. The molecule has 1 saturated heterocycles. The fraction of sp³-hybridized carbons (Fsp3) is 0.353. The van der Waals surface area contributed by atoms with E-state index in [1.165, 1.54) is 11.3 Å². The molecule has 0 spiro atoms. The molecule has 0 aromatic carbocycles. The van der Waals surface area contributed by atoms with E-state index in [1.54, 1.807) is 36.3 Å². The maximum atomic E-state index is 12.5. The lowest BCUT2D eigenvalue weighted by Gasteiger charge is -2.40. The van der Waals surface area contributed by atoms with Crippen LogP contribution in [0.25, 0.3) is 0 Å². The molecule has 0 unspecified atom stereocenters. The van der Waals surface area contributed by atoms with Crippen LogP contribution in [0, 0.1) is 0 Å². The molecule has 3 N–H and O–H groups in total. The van der Waals surface area contributed by atoms with Crippen LogP contribution in [0.3, 0.4) is 0 Å². The van der Waals surface area contributed by atoms with Gasteiger partial charge in [-0.1, -0.05) is 6.07 Å². The van der Waals surface area contributed by atoms with Crippen LogP contribution in [0.4, 0.5) is 0 Å². The molecule has 0 saturated carbocycles. The van der Waals surface area contributed by atoms with E-state index in [4.69, 9.17) is 0 Å². The second-order valence-electron chi connectivity index (χ2n) is 5.97. The summed E-state index contributed by atoms with van der Waals surface area (Å²) in [5, 5.41) is 7.36. The molecule has 3 rings (SSSR count). The zero-order valence-electron chi connectivity index (χ0n) is 13.9. The fourth-order valence-corrected chi connectivity index (χ4v) is 3.74. The number of H-pyrrole nitrogens is 1. The molecule has 7 nitrogen and oxygen atoms in total. The average molecular weight is 360 g/mol. The predicted octanol–water partition coefficient (Wildman–Crippen LogP) is 1.23. The number of nitrogens with zero attached hydrogens (tertiary/aromatic N) is 1. The van der Waals surface area contributed by atoms with E-state index in [0.717, 1.165) is 0 Å². The van der Waals surface area contributed by atoms with Gasteiger partial charge in [0.2, 0.25) is 5.91 Å². The molecule has 25 heavy (non-hydrogen) atoms. The maximum Gasteiger partial charge on any atom is 0.268 e. The fourth-order valence-electron chi connectivity index (χ4n) is 3.05. The first kappa shape index (κ1) is 17.2. The van der Waals surface area contributed by atoms with E-state index >= 15 is 0 Å². The Balaban J connectivity index is 1.72. The third-order valence-corrected chi connectivity index (χ3v) is 5.35. The number of carbonyl (C=O) groups excluding carboxylic acids is 3. The summed E-state index contributed by atoms with van der Waals surface area (Å²) in [6.45, 7) is 0.824. The van der Waals surface area contributed by atoms with Crippen molar-refractivity contribution in [2.75, 3.05) is 20.1 Å². The second-order valence-corrected chi connectivity index (χ2v) is 6.92. The molecule has 132 valence electrons. The van der Waals surface area contributed by atoms with Gasteiger partial charge in [-0.05, 0) is 36.4 Å². The Labute approximate surface area is 149 Å². The van der Waals surface area contributed by atoms with Gasteiger partial charge >= 0.3 is 0 Å². The van der Waals surface area contributed by atoms with Gasteiger partial charge in [0.25, 0.3) is 11.8 Å². The first-order chi connectivity index (χ1) is 12.1. The standard InChI is InChI=1S/C17H20N4O3S/c1-18-16(24)17(20-14(22)12-4-2-8-19-12)6-9-21(10-7-17)15(23)13-5-3-11-25-13/h2-5,8,11,19H,6-7,9-10H2,1H3,(H,18,24)(H,20,22). The van der Waals surface area contributed by atoms with Crippen LogP contribution in [0.5, 0.6) is 0 Å². The summed E-state index contributed by atoms with van der Waals surface area (Å²) in [6, 6.07) is 7.01. The van der Waals surface area contributed by atoms with Gasteiger partial charge in [0.05, 0.1) is 4.88 Å². The first-order valence-corrected chi connectivity index (χ1v) is 8.94. The Morgan fingerprint density at radius 1 is 1.20 bits per heavy atom. The minimum atomic E-state index is -1.01. The lowest BCUT2D eigenvalue weighted by atomic mass is 9.86. The topological polar surface area (TPSA) is 94.3 Å². The van der Waals surface area contributed by atoms with Crippen LogP contribution in [0.15, 0.2) is 35.8 Å². The quantitative estimate of drug-likeness (QED) is 0.765. The molecule has 1 aliphatic heterocycles. The minimum Gasteiger partial charge on any atom is -0.357 e. The Kier molecular flexibility index (Phi) is 4.89. The van der Waals surface area contributed by atoms with Crippen molar-refractivity contribution in [3.63, 3.8) is 0 Å². The van der Waals surface area contributed by atoms with Gasteiger partial charge in [-0.3, -0.25) is 14.4 Å². The number of likely N-dealkylation sites (N-methyl/N-ethyl adjacent to an activating group) is 1. The largest absolute Gasteiger partial charge is 0.357 e. The summed E-state index contributed by atoms with van der Waals surface area (Å²) in [5.74, 6) is -0.599. The summed E-state index contributed by atoms with van der Waals surface area (Å²) < 4.78 is 0. The highest BCUT2D eigenvalue weighted by atomic mass is 32.1. The molecule has 2 aromatic rings. The third-order valence-electron chi connectivity index (χ3n) is 4.49. The van der Waals surface area contributed by atoms with Crippen molar-refractivity contribution in [2.24, 2.45) is 0 Å². The zero-order valence-corrected chi connectivity index (χ0v) is 14.7. The van der Waals surface area contributed by atoms with Gasteiger partial charge in [0.15, 0.2) is 0 Å². The molecule has 0 radical (unpaired) electrons. The Morgan fingerprint density at radius 3 is 2.52 bits per heavy atom. The number of hydrogen-bond donors (Lipinski definition) is 3. The normalized spacial score (nSPS) is 16.3. The number of carbonyl (C=O) groups is 3. The number of aromatic amines is 1. The molecule has 8 heteroatoms. The molecule has 0 bridgehead atoms. The van der Waals surface area contributed by atoms with Crippen LogP contribution < -0.4 is 10.6 Å².